The number of fused-ring (bicyclic) bond motifs is 1. The zero-order chi connectivity index (χ0) is 21.0. The van der Waals surface area contributed by atoms with Gasteiger partial charge in [0, 0.05) is 49.9 Å². The second kappa shape index (κ2) is 9.02. The number of nitrogens with zero attached hydrogens (tertiary/aromatic N) is 2. The predicted octanol–water partition coefficient (Wildman–Crippen LogP) is 3.73. The van der Waals surface area contributed by atoms with Gasteiger partial charge >= 0.3 is 0 Å². The zero-order valence-electron chi connectivity index (χ0n) is 18.0. The molecule has 0 aliphatic carbocycles. The third-order valence-electron chi connectivity index (χ3n) is 6.62. The van der Waals surface area contributed by atoms with Gasteiger partial charge in [0.1, 0.15) is 0 Å². The number of aromatic amines is 1. The average Bonchev–Trinajstić information content (AvgIpc) is 3.27. The van der Waals surface area contributed by atoms with Gasteiger partial charge in [-0.3, -0.25) is 9.69 Å². The van der Waals surface area contributed by atoms with E-state index < -0.39 is 0 Å². The van der Waals surface area contributed by atoms with Crippen LogP contribution < -0.4 is 5.32 Å². The van der Waals surface area contributed by atoms with Crippen molar-refractivity contribution in [1.29, 1.82) is 0 Å². The predicted molar refractivity (Wildman–Crippen MR) is 122 cm³/mol. The Kier molecular flexibility index (Phi) is 6.21. The molecule has 0 radical (unpaired) electrons. The van der Waals surface area contributed by atoms with Gasteiger partial charge in [0.05, 0.1) is 0 Å². The first-order valence-corrected chi connectivity index (χ1v) is 10.9. The lowest BCUT2D eigenvalue weighted by Crippen LogP contribution is -2.52. The first kappa shape index (κ1) is 20.6. The Balaban J connectivity index is 1.28. The third-order valence-corrected chi connectivity index (χ3v) is 6.62. The van der Waals surface area contributed by atoms with Crippen LogP contribution in [-0.2, 0) is 16.9 Å². The third kappa shape index (κ3) is 4.13. The number of carbonyl (C=O) groups is 1. The van der Waals surface area contributed by atoms with E-state index in [1.807, 2.05) is 11.1 Å². The smallest absolute Gasteiger partial charge is 0.223 e. The van der Waals surface area contributed by atoms with Crippen LogP contribution in [0.4, 0.5) is 0 Å². The van der Waals surface area contributed by atoms with E-state index in [9.17, 15) is 4.79 Å². The number of rotatable bonds is 7. The number of amides is 1. The molecule has 2 N–H and O–H groups in total. The van der Waals surface area contributed by atoms with Crippen molar-refractivity contribution >= 4 is 16.8 Å². The molecule has 0 atom stereocenters. The quantitative estimate of drug-likeness (QED) is 0.590. The molecule has 2 aromatic carbocycles. The van der Waals surface area contributed by atoms with E-state index in [0.717, 1.165) is 32.5 Å². The van der Waals surface area contributed by atoms with Gasteiger partial charge in [-0.05, 0) is 49.5 Å². The Bertz CT molecular complexity index is 971. The summed E-state index contributed by atoms with van der Waals surface area (Å²) in [6.45, 7) is 3.09. The van der Waals surface area contributed by atoms with Crippen LogP contribution in [0.25, 0.3) is 10.9 Å². The van der Waals surface area contributed by atoms with E-state index in [1.165, 1.54) is 22.0 Å². The molecule has 0 unspecified atom stereocenters. The molecular formula is C25H32N4O. The summed E-state index contributed by atoms with van der Waals surface area (Å²) >= 11 is 0. The molecule has 1 saturated heterocycles. The summed E-state index contributed by atoms with van der Waals surface area (Å²) in [4.78, 5) is 20.4. The second-order valence-corrected chi connectivity index (χ2v) is 8.46. The summed E-state index contributed by atoms with van der Waals surface area (Å²) in [6.07, 6.45) is 4.45. The Morgan fingerprint density at radius 1 is 1.07 bits per heavy atom. The molecular weight excluding hydrogens is 372 g/mol. The molecule has 4 rings (SSSR count). The molecule has 1 fully saturated rings. The topological polar surface area (TPSA) is 51.4 Å². The highest BCUT2D eigenvalue weighted by molar-refractivity contribution is 5.82. The first-order chi connectivity index (χ1) is 14.6. The van der Waals surface area contributed by atoms with Crippen LogP contribution in [0.2, 0.25) is 0 Å². The van der Waals surface area contributed by atoms with Crippen molar-refractivity contribution in [2.45, 2.75) is 31.3 Å². The average molecular weight is 405 g/mol. The highest BCUT2D eigenvalue weighted by Gasteiger charge is 2.38. The lowest BCUT2D eigenvalue weighted by molar-refractivity contribution is -0.133. The van der Waals surface area contributed by atoms with E-state index in [1.54, 1.807) is 0 Å². The van der Waals surface area contributed by atoms with Crippen molar-refractivity contribution in [2.75, 3.05) is 33.7 Å². The molecule has 5 heteroatoms. The van der Waals surface area contributed by atoms with Crippen LogP contribution in [0.5, 0.6) is 0 Å². The molecule has 0 bridgehead atoms. The minimum absolute atomic E-state index is 0.0189. The summed E-state index contributed by atoms with van der Waals surface area (Å²) in [5.74, 6) is 0.251. The summed E-state index contributed by atoms with van der Waals surface area (Å²) < 4.78 is 0. The minimum atomic E-state index is 0.0189. The van der Waals surface area contributed by atoms with Crippen LogP contribution >= 0.6 is 0 Å². The van der Waals surface area contributed by atoms with E-state index >= 15 is 0 Å². The van der Waals surface area contributed by atoms with E-state index in [0.29, 0.717) is 13.0 Å². The molecule has 0 spiro atoms. The molecule has 30 heavy (non-hydrogen) atoms. The Hall–Kier alpha value is -2.63. The number of carbonyl (C=O) groups excluding carboxylic acids is 1. The highest BCUT2D eigenvalue weighted by Crippen LogP contribution is 2.37. The monoisotopic (exact) mass is 404 g/mol. The van der Waals surface area contributed by atoms with Gasteiger partial charge < -0.3 is 15.2 Å². The van der Waals surface area contributed by atoms with E-state index in [2.05, 4.69) is 83.9 Å². The van der Waals surface area contributed by atoms with E-state index in [-0.39, 0.29) is 11.4 Å². The maximum Gasteiger partial charge on any atom is 0.223 e. The number of nitrogens with one attached hydrogen (secondary N) is 2. The van der Waals surface area contributed by atoms with Gasteiger partial charge in [-0.15, -0.1) is 0 Å². The SMILES string of the molecule is CN(C)C1(c2ccccc2)CCN(C(=O)CCNCc2cccc3cc[nH]c23)CC1. The molecule has 3 aromatic rings. The Morgan fingerprint density at radius 2 is 1.83 bits per heavy atom. The second-order valence-electron chi connectivity index (χ2n) is 8.46. The molecule has 1 aliphatic heterocycles. The highest BCUT2D eigenvalue weighted by atomic mass is 16.2. The molecule has 5 nitrogen and oxygen atoms in total. The van der Waals surface area contributed by atoms with Gasteiger partial charge in [-0.25, -0.2) is 0 Å². The molecule has 2 heterocycles. The fraction of sp³-hybridized carbons (Fsp3) is 0.400. The van der Waals surface area contributed by atoms with Crippen molar-refractivity contribution in [3.63, 3.8) is 0 Å². The first-order valence-electron chi connectivity index (χ1n) is 10.9. The van der Waals surface area contributed by atoms with Crippen LogP contribution in [0.1, 0.15) is 30.4 Å². The lowest BCUT2D eigenvalue weighted by atomic mass is 9.79. The van der Waals surface area contributed by atoms with Gasteiger partial charge in [0.15, 0.2) is 0 Å². The summed E-state index contributed by atoms with van der Waals surface area (Å²) in [7, 11) is 4.30. The van der Waals surface area contributed by atoms with Crippen molar-refractivity contribution in [3.8, 4) is 0 Å². The van der Waals surface area contributed by atoms with Crippen molar-refractivity contribution in [2.24, 2.45) is 0 Å². The van der Waals surface area contributed by atoms with E-state index in [4.69, 9.17) is 0 Å². The fourth-order valence-electron chi connectivity index (χ4n) is 4.74. The number of aromatic nitrogens is 1. The van der Waals surface area contributed by atoms with Crippen LogP contribution in [-0.4, -0.2) is 54.4 Å². The molecule has 158 valence electrons. The molecule has 0 saturated carbocycles. The standard InChI is InChI=1S/C25H32N4O/c1-28(2)25(22-9-4-3-5-10-22)13-17-29(18-14-25)23(30)12-15-26-19-21-8-6-7-20-11-16-27-24(20)21/h3-11,16,26-27H,12-15,17-19H2,1-2H3. The van der Waals surface area contributed by atoms with Crippen LogP contribution in [0.15, 0.2) is 60.8 Å². The maximum absolute atomic E-state index is 12.8. The number of piperidine rings is 1. The number of H-pyrrole nitrogens is 1. The van der Waals surface area contributed by atoms with Gasteiger partial charge in [-0.1, -0.05) is 48.5 Å². The number of hydrogen-bond donors (Lipinski definition) is 2. The maximum atomic E-state index is 12.8. The van der Waals surface area contributed by atoms with Gasteiger partial charge in [-0.2, -0.15) is 0 Å². The van der Waals surface area contributed by atoms with Crippen molar-refractivity contribution in [1.82, 2.24) is 20.1 Å². The van der Waals surface area contributed by atoms with Crippen molar-refractivity contribution in [3.05, 3.63) is 71.9 Å². The number of para-hydroxylation sites is 1. The lowest BCUT2D eigenvalue weighted by Gasteiger charge is -2.46. The summed E-state index contributed by atoms with van der Waals surface area (Å²) in [6, 6.07) is 19.1. The number of benzene rings is 2. The van der Waals surface area contributed by atoms with Crippen molar-refractivity contribution < 1.29 is 4.79 Å². The van der Waals surface area contributed by atoms with Gasteiger partial charge in [0.25, 0.3) is 0 Å². The number of hydrogen-bond acceptors (Lipinski definition) is 3. The minimum Gasteiger partial charge on any atom is -0.361 e. The van der Waals surface area contributed by atoms with Crippen LogP contribution in [0.3, 0.4) is 0 Å². The summed E-state index contributed by atoms with van der Waals surface area (Å²) in [5, 5.41) is 4.66. The molecule has 1 aliphatic rings. The van der Waals surface area contributed by atoms with Gasteiger partial charge in [0.2, 0.25) is 5.91 Å². The zero-order valence-corrected chi connectivity index (χ0v) is 18.0. The molecule has 1 amide bonds. The Morgan fingerprint density at radius 3 is 2.57 bits per heavy atom. The van der Waals surface area contributed by atoms with Crippen LogP contribution in [0, 0.1) is 0 Å². The Labute approximate surface area is 179 Å². The summed E-state index contributed by atoms with van der Waals surface area (Å²) in [5.41, 5.74) is 3.78. The molecule has 1 aromatic heterocycles. The largest absolute Gasteiger partial charge is 0.361 e. The number of likely N-dealkylation sites (tertiary alicyclic amines) is 1. The fourth-order valence-corrected chi connectivity index (χ4v) is 4.74. The normalized spacial score (nSPS) is 16.3.